The molecule has 2 aromatic heterocycles. The third-order valence-corrected chi connectivity index (χ3v) is 5.01. The molecule has 11 heteroatoms. The average Bonchev–Trinajstić information content (AvgIpc) is 3.27. The van der Waals surface area contributed by atoms with E-state index in [9.17, 15) is 25.1 Å². The van der Waals surface area contributed by atoms with Crippen LogP contribution in [0.1, 0.15) is 39.3 Å². The molecule has 2 aromatic rings. The van der Waals surface area contributed by atoms with E-state index in [1.807, 2.05) is 19.9 Å². The smallest absolute Gasteiger partial charge is 0.305 e. The summed E-state index contributed by atoms with van der Waals surface area (Å²) in [5.74, 6) is -0.327. The molecule has 4 atom stereocenters. The molecule has 1 saturated heterocycles. The van der Waals surface area contributed by atoms with Crippen LogP contribution in [0.4, 0.5) is 5.82 Å². The minimum atomic E-state index is -1.97. The predicted molar refractivity (Wildman–Crippen MR) is 106 cm³/mol. The summed E-state index contributed by atoms with van der Waals surface area (Å²) < 4.78 is 12.1. The van der Waals surface area contributed by atoms with Gasteiger partial charge in [0.2, 0.25) is 11.5 Å². The van der Waals surface area contributed by atoms with E-state index < -0.39 is 29.9 Å². The highest BCUT2D eigenvalue weighted by atomic mass is 16.6. The number of ether oxygens (including phenoxy) is 2. The molecule has 1 amide bonds. The lowest BCUT2D eigenvalue weighted by atomic mass is 9.92. The highest BCUT2D eigenvalue weighted by Crippen LogP contribution is 2.40. The van der Waals surface area contributed by atoms with Crippen molar-refractivity contribution in [2.45, 2.75) is 57.5 Å². The number of nitriles is 1. The van der Waals surface area contributed by atoms with Gasteiger partial charge in [0, 0.05) is 12.8 Å². The molecule has 0 spiro atoms. The van der Waals surface area contributed by atoms with Crippen molar-refractivity contribution in [3.8, 4) is 6.07 Å². The second-order valence-electron chi connectivity index (χ2n) is 7.75. The lowest BCUT2D eigenvalue weighted by Crippen LogP contribution is -2.41. The number of amides is 1. The van der Waals surface area contributed by atoms with E-state index >= 15 is 0 Å². The fourth-order valence-electron chi connectivity index (χ4n) is 3.46. The summed E-state index contributed by atoms with van der Waals surface area (Å²) in [6.45, 7) is 5.13. The average molecular weight is 431 g/mol. The van der Waals surface area contributed by atoms with E-state index in [1.165, 1.54) is 16.9 Å². The zero-order chi connectivity index (χ0) is 22.8. The Labute approximate surface area is 178 Å². The molecule has 1 fully saturated rings. The molecule has 3 heterocycles. The number of aliphatic hydroxyl groups is 2. The van der Waals surface area contributed by atoms with E-state index in [1.54, 1.807) is 13.0 Å². The summed E-state index contributed by atoms with van der Waals surface area (Å²) in [5, 5.41) is 37.9. The third-order valence-electron chi connectivity index (χ3n) is 5.01. The Morgan fingerprint density at radius 1 is 1.42 bits per heavy atom. The molecule has 0 radical (unpaired) electrons. The Kier molecular flexibility index (Phi) is 6.54. The predicted octanol–water partition coefficient (Wildman–Crippen LogP) is 0.507. The monoisotopic (exact) mass is 431 g/mol. The van der Waals surface area contributed by atoms with Crippen molar-refractivity contribution in [1.29, 1.82) is 5.26 Å². The minimum absolute atomic E-state index is 0.139. The number of esters is 1. The van der Waals surface area contributed by atoms with Gasteiger partial charge in [-0.2, -0.15) is 10.4 Å². The molecule has 0 saturated carbocycles. The molecule has 31 heavy (non-hydrogen) atoms. The maximum Gasteiger partial charge on any atom is 0.305 e. The second-order valence-corrected chi connectivity index (χ2v) is 7.75. The number of rotatable bonds is 7. The first-order valence-corrected chi connectivity index (χ1v) is 9.97. The molecule has 0 aromatic carbocycles. The number of anilines is 1. The van der Waals surface area contributed by atoms with Gasteiger partial charge in [-0.05, 0) is 18.1 Å². The number of carbonyl (C=O) groups is 2. The molecule has 1 aliphatic rings. The number of carbonyl (C=O) groups excluding carboxylic acids is 2. The highest BCUT2D eigenvalue weighted by Gasteiger charge is 2.57. The summed E-state index contributed by atoms with van der Waals surface area (Å²) in [6, 6.07) is 5.01. The van der Waals surface area contributed by atoms with Crippen LogP contribution >= 0.6 is 0 Å². The van der Waals surface area contributed by atoms with E-state index in [0.29, 0.717) is 11.9 Å². The van der Waals surface area contributed by atoms with E-state index in [4.69, 9.17) is 9.47 Å². The fraction of sp³-hybridized carbons (Fsp3) is 0.550. The molecule has 166 valence electrons. The molecule has 0 aliphatic carbocycles. The van der Waals surface area contributed by atoms with Gasteiger partial charge in [-0.1, -0.05) is 20.8 Å². The van der Waals surface area contributed by atoms with Crippen molar-refractivity contribution in [3.63, 3.8) is 0 Å². The Balaban J connectivity index is 1.94. The van der Waals surface area contributed by atoms with Crippen LogP contribution in [0.2, 0.25) is 0 Å². The topological polar surface area (TPSA) is 159 Å². The molecular formula is C20H25N5O6. The van der Waals surface area contributed by atoms with Crippen molar-refractivity contribution in [1.82, 2.24) is 14.6 Å². The normalized spacial score (nSPS) is 25.5. The van der Waals surface area contributed by atoms with Gasteiger partial charge in [0.05, 0.1) is 5.69 Å². The highest BCUT2D eigenvalue weighted by molar-refractivity contribution is 5.93. The van der Waals surface area contributed by atoms with Crippen LogP contribution in [0.25, 0.3) is 5.52 Å². The largest absolute Gasteiger partial charge is 0.463 e. The maximum atomic E-state index is 12.2. The number of aliphatic hydroxyl groups excluding tert-OH is 2. The van der Waals surface area contributed by atoms with E-state index in [2.05, 4.69) is 15.4 Å². The lowest BCUT2D eigenvalue weighted by Gasteiger charge is -2.24. The van der Waals surface area contributed by atoms with Crippen molar-refractivity contribution >= 4 is 23.2 Å². The minimum Gasteiger partial charge on any atom is -0.463 e. The number of hydrogen-bond acceptors (Lipinski definition) is 9. The number of hydrogen-bond donors (Lipinski definition) is 3. The molecule has 3 N–H and O–H groups in total. The van der Waals surface area contributed by atoms with Crippen LogP contribution < -0.4 is 5.32 Å². The maximum absolute atomic E-state index is 12.2. The molecule has 11 nitrogen and oxygen atoms in total. The van der Waals surface area contributed by atoms with Crippen molar-refractivity contribution in [2.75, 3.05) is 11.9 Å². The molecule has 1 aliphatic heterocycles. The quantitative estimate of drug-likeness (QED) is 0.531. The van der Waals surface area contributed by atoms with Gasteiger partial charge in [-0.3, -0.25) is 9.59 Å². The first-order valence-electron chi connectivity index (χ1n) is 9.97. The Morgan fingerprint density at radius 2 is 2.16 bits per heavy atom. The van der Waals surface area contributed by atoms with E-state index in [-0.39, 0.29) is 36.4 Å². The molecule has 0 bridgehead atoms. The van der Waals surface area contributed by atoms with Crippen LogP contribution in [0.15, 0.2) is 18.5 Å². The van der Waals surface area contributed by atoms with Gasteiger partial charge in [-0.15, -0.1) is 0 Å². The molecular weight excluding hydrogens is 406 g/mol. The van der Waals surface area contributed by atoms with Gasteiger partial charge in [-0.25, -0.2) is 9.50 Å². The standard InChI is InChI=1S/C20H25N5O6/c1-4-16(27)30-8-13-17(28)18(29)20(9-21,31-13)14-6-5-12-19(22-10-23-25(12)14)24-15(26)7-11(2)3/h5-6,10-11,13,17-18,28-29H,4,7-8H2,1-3H3,(H,22,23,24,26)/t13-,17-,18-,20+/m1/s1. The Hall–Kier alpha value is -3.07. The summed E-state index contributed by atoms with van der Waals surface area (Å²) in [5.41, 5.74) is -1.44. The van der Waals surface area contributed by atoms with Crippen LogP contribution in [0.3, 0.4) is 0 Å². The van der Waals surface area contributed by atoms with Gasteiger partial charge in [0.15, 0.2) is 5.82 Å². The number of fused-ring (bicyclic) bond motifs is 1. The van der Waals surface area contributed by atoms with Crippen molar-refractivity contribution in [3.05, 3.63) is 24.2 Å². The molecule has 0 unspecified atom stereocenters. The summed E-state index contributed by atoms with van der Waals surface area (Å²) in [6.07, 6.45) is -2.57. The van der Waals surface area contributed by atoms with Crippen LogP contribution in [0.5, 0.6) is 0 Å². The fourth-order valence-corrected chi connectivity index (χ4v) is 3.46. The third kappa shape index (κ3) is 4.23. The number of aromatic nitrogens is 3. The van der Waals surface area contributed by atoms with Crippen LogP contribution in [-0.4, -0.2) is 61.6 Å². The lowest BCUT2D eigenvalue weighted by molar-refractivity contribution is -0.150. The first-order chi connectivity index (χ1) is 14.7. The molecule has 3 rings (SSSR count). The van der Waals surface area contributed by atoms with Gasteiger partial charge < -0.3 is 25.0 Å². The zero-order valence-corrected chi connectivity index (χ0v) is 17.5. The Morgan fingerprint density at radius 3 is 2.81 bits per heavy atom. The second kappa shape index (κ2) is 8.97. The van der Waals surface area contributed by atoms with Crippen molar-refractivity contribution in [2.24, 2.45) is 5.92 Å². The van der Waals surface area contributed by atoms with E-state index in [0.717, 1.165) is 0 Å². The first kappa shape index (κ1) is 22.6. The SMILES string of the molecule is CCC(=O)OC[C@H]1O[C@@](C#N)(c2ccc3c(NC(=O)CC(C)C)ncnn23)[C@H](O)[C@@H]1O. The van der Waals surface area contributed by atoms with Gasteiger partial charge in [0.1, 0.15) is 42.8 Å². The van der Waals surface area contributed by atoms with Crippen LogP contribution in [-0.2, 0) is 24.7 Å². The van der Waals surface area contributed by atoms with Crippen molar-refractivity contribution < 1.29 is 29.3 Å². The number of nitrogens with one attached hydrogen (secondary N) is 1. The van der Waals surface area contributed by atoms with Gasteiger partial charge >= 0.3 is 5.97 Å². The summed E-state index contributed by atoms with van der Waals surface area (Å²) >= 11 is 0. The summed E-state index contributed by atoms with van der Waals surface area (Å²) in [7, 11) is 0. The Bertz CT molecular complexity index is 1020. The van der Waals surface area contributed by atoms with Crippen LogP contribution in [0, 0.1) is 17.2 Å². The summed E-state index contributed by atoms with van der Waals surface area (Å²) in [4.78, 5) is 27.7. The van der Waals surface area contributed by atoms with Gasteiger partial charge in [0.25, 0.3) is 0 Å². The number of nitrogens with zero attached hydrogens (tertiary/aromatic N) is 4. The zero-order valence-electron chi connectivity index (χ0n) is 17.5.